The molecule has 2 aliphatic rings. The Bertz CT molecular complexity index is 555. The highest BCUT2D eigenvalue weighted by Gasteiger charge is 2.36. The number of hydrogen-bond acceptors (Lipinski definition) is 2. The molecule has 0 aliphatic carbocycles. The molecule has 2 atom stereocenters. The Morgan fingerprint density at radius 3 is 2.48 bits per heavy atom. The number of hydrogen-bond donors (Lipinski definition) is 1. The third-order valence-electron chi connectivity index (χ3n) is 5.00. The molecule has 6 heteroatoms. The Morgan fingerprint density at radius 2 is 1.87 bits per heavy atom. The lowest BCUT2D eigenvalue weighted by molar-refractivity contribution is -0.132. The van der Waals surface area contributed by atoms with E-state index in [4.69, 9.17) is 23.2 Å². The van der Waals surface area contributed by atoms with Gasteiger partial charge in [-0.3, -0.25) is 4.79 Å². The van der Waals surface area contributed by atoms with Crippen LogP contribution in [0.2, 0.25) is 10.0 Å². The monoisotopic (exact) mass is 376 g/mol. The van der Waals surface area contributed by atoms with Crippen LogP contribution in [-0.2, 0) is 11.2 Å². The Morgan fingerprint density at radius 1 is 1.22 bits per heavy atom. The standard InChI is InChI=1S/C17H22Cl2N2O.ClH/c1-21(14-9-12-4-5-13(10-14)20-12)17(22)7-3-11-2-6-15(18)16(19)8-11;/h2,6,8,12-14,20H,3-5,7,9-10H2,1H3;1H. The normalized spacial score (nSPS) is 25.8. The van der Waals surface area contributed by atoms with Crippen molar-refractivity contribution in [1.82, 2.24) is 10.2 Å². The molecule has 1 aromatic rings. The molecule has 0 radical (unpaired) electrons. The van der Waals surface area contributed by atoms with Crippen molar-refractivity contribution in [3.05, 3.63) is 33.8 Å². The van der Waals surface area contributed by atoms with E-state index >= 15 is 0 Å². The minimum atomic E-state index is 0. The Balaban J connectivity index is 0.00000192. The van der Waals surface area contributed by atoms with Gasteiger partial charge >= 0.3 is 0 Å². The molecule has 3 nitrogen and oxygen atoms in total. The maximum absolute atomic E-state index is 12.4. The summed E-state index contributed by atoms with van der Waals surface area (Å²) in [6, 6.07) is 7.18. The van der Waals surface area contributed by atoms with E-state index in [2.05, 4.69) is 5.32 Å². The summed E-state index contributed by atoms with van der Waals surface area (Å²) in [6.45, 7) is 0. The maximum Gasteiger partial charge on any atom is 0.222 e. The summed E-state index contributed by atoms with van der Waals surface area (Å²) in [5.74, 6) is 0.220. The molecule has 0 aromatic heterocycles. The summed E-state index contributed by atoms with van der Waals surface area (Å²) in [7, 11) is 1.95. The van der Waals surface area contributed by atoms with Crippen molar-refractivity contribution in [3.8, 4) is 0 Å². The number of benzene rings is 1. The van der Waals surface area contributed by atoms with Crippen molar-refractivity contribution in [1.29, 1.82) is 0 Å². The molecule has 2 fully saturated rings. The van der Waals surface area contributed by atoms with Crippen LogP contribution >= 0.6 is 35.6 Å². The SMILES string of the molecule is CN(C(=O)CCc1ccc(Cl)c(Cl)c1)C1CC2CCC(C1)N2.Cl. The maximum atomic E-state index is 12.4. The Hall–Kier alpha value is -0.480. The second-order valence-electron chi connectivity index (χ2n) is 6.52. The zero-order valence-corrected chi connectivity index (χ0v) is 15.6. The average Bonchev–Trinajstić information content (AvgIpc) is 2.85. The topological polar surface area (TPSA) is 32.3 Å². The van der Waals surface area contributed by atoms with Crippen LogP contribution < -0.4 is 5.32 Å². The number of carbonyl (C=O) groups is 1. The van der Waals surface area contributed by atoms with Crippen molar-refractivity contribution in [2.24, 2.45) is 0 Å². The summed E-state index contributed by atoms with van der Waals surface area (Å²) >= 11 is 11.9. The summed E-state index contributed by atoms with van der Waals surface area (Å²) in [6.07, 6.45) is 5.92. The van der Waals surface area contributed by atoms with E-state index in [1.54, 1.807) is 6.07 Å². The van der Waals surface area contributed by atoms with Crippen molar-refractivity contribution < 1.29 is 4.79 Å². The fourth-order valence-electron chi connectivity index (χ4n) is 3.67. The fraction of sp³-hybridized carbons (Fsp3) is 0.588. The molecular weight excluding hydrogens is 355 g/mol. The van der Waals surface area contributed by atoms with Gasteiger partial charge in [0.15, 0.2) is 0 Å². The van der Waals surface area contributed by atoms with E-state index in [1.807, 2.05) is 24.1 Å². The van der Waals surface area contributed by atoms with Crippen LogP contribution in [0.25, 0.3) is 0 Å². The van der Waals surface area contributed by atoms with E-state index in [9.17, 15) is 4.79 Å². The highest BCUT2D eigenvalue weighted by molar-refractivity contribution is 6.42. The van der Waals surface area contributed by atoms with Gasteiger partial charge in [-0.25, -0.2) is 0 Å². The van der Waals surface area contributed by atoms with Crippen molar-refractivity contribution >= 4 is 41.5 Å². The van der Waals surface area contributed by atoms with Crippen LogP contribution in [0.15, 0.2) is 18.2 Å². The van der Waals surface area contributed by atoms with Crippen LogP contribution in [-0.4, -0.2) is 36.0 Å². The molecule has 2 heterocycles. The first-order valence-electron chi connectivity index (χ1n) is 7.98. The van der Waals surface area contributed by atoms with Crippen molar-refractivity contribution in [3.63, 3.8) is 0 Å². The number of nitrogens with zero attached hydrogens (tertiary/aromatic N) is 1. The second-order valence-corrected chi connectivity index (χ2v) is 7.33. The zero-order chi connectivity index (χ0) is 15.7. The smallest absolute Gasteiger partial charge is 0.222 e. The van der Waals surface area contributed by atoms with E-state index in [-0.39, 0.29) is 18.3 Å². The molecule has 23 heavy (non-hydrogen) atoms. The molecule has 128 valence electrons. The number of aryl methyl sites for hydroxylation is 1. The van der Waals surface area contributed by atoms with E-state index in [0.717, 1.165) is 18.4 Å². The molecule has 0 saturated carbocycles. The largest absolute Gasteiger partial charge is 0.343 e. The van der Waals surface area contributed by atoms with Crippen LogP contribution in [0.5, 0.6) is 0 Å². The van der Waals surface area contributed by atoms with E-state index in [0.29, 0.717) is 41.0 Å². The van der Waals surface area contributed by atoms with E-state index < -0.39 is 0 Å². The Labute approximate surface area is 154 Å². The van der Waals surface area contributed by atoms with E-state index in [1.165, 1.54) is 12.8 Å². The van der Waals surface area contributed by atoms with Gasteiger partial charge < -0.3 is 10.2 Å². The average molecular weight is 378 g/mol. The highest BCUT2D eigenvalue weighted by atomic mass is 35.5. The lowest BCUT2D eigenvalue weighted by atomic mass is 9.98. The molecular formula is C17H23Cl3N2O. The predicted molar refractivity (Wildman–Crippen MR) is 97.8 cm³/mol. The van der Waals surface area contributed by atoms with Gasteiger partial charge in [0.25, 0.3) is 0 Å². The molecule has 1 amide bonds. The Kier molecular flexibility index (Phi) is 6.61. The summed E-state index contributed by atoms with van der Waals surface area (Å²) < 4.78 is 0. The minimum absolute atomic E-state index is 0. The lowest BCUT2D eigenvalue weighted by Crippen LogP contribution is -2.48. The van der Waals surface area contributed by atoms with Crippen LogP contribution in [0.3, 0.4) is 0 Å². The molecule has 2 aliphatic heterocycles. The summed E-state index contributed by atoms with van der Waals surface area (Å²) in [5.41, 5.74) is 1.06. The molecule has 0 spiro atoms. The first-order valence-corrected chi connectivity index (χ1v) is 8.74. The van der Waals surface area contributed by atoms with Crippen LogP contribution in [0.1, 0.15) is 37.7 Å². The van der Waals surface area contributed by atoms with Gasteiger partial charge in [-0.15, -0.1) is 12.4 Å². The lowest BCUT2D eigenvalue weighted by Gasteiger charge is -2.35. The van der Waals surface area contributed by atoms with Gasteiger partial charge in [-0.2, -0.15) is 0 Å². The number of piperidine rings is 1. The number of rotatable bonds is 4. The summed E-state index contributed by atoms with van der Waals surface area (Å²) in [5, 5.41) is 4.72. The quantitative estimate of drug-likeness (QED) is 0.857. The number of carbonyl (C=O) groups excluding carboxylic acids is 1. The summed E-state index contributed by atoms with van der Waals surface area (Å²) in [4.78, 5) is 14.4. The second kappa shape index (κ2) is 8.06. The zero-order valence-electron chi connectivity index (χ0n) is 13.2. The van der Waals surface area contributed by atoms with Crippen molar-refractivity contribution in [2.75, 3.05) is 7.05 Å². The number of fused-ring (bicyclic) bond motifs is 2. The third-order valence-corrected chi connectivity index (χ3v) is 5.74. The first-order chi connectivity index (χ1) is 10.5. The molecule has 2 bridgehead atoms. The van der Waals surface area contributed by atoms with Gasteiger partial charge in [0, 0.05) is 31.6 Å². The first kappa shape index (κ1) is 18.9. The number of amides is 1. The molecule has 2 unspecified atom stereocenters. The van der Waals surface area contributed by atoms with Gasteiger partial charge in [0.05, 0.1) is 10.0 Å². The van der Waals surface area contributed by atoms with Gasteiger partial charge in [-0.1, -0.05) is 29.3 Å². The molecule has 2 saturated heterocycles. The van der Waals surface area contributed by atoms with Gasteiger partial charge in [-0.05, 0) is 49.8 Å². The van der Waals surface area contributed by atoms with Gasteiger partial charge in [0.2, 0.25) is 5.91 Å². The minimum Gasteiger partial charge on any atom is -0.343 e. The molecule has 1 aromatic carbocycles. The third kappa shape index (κ3) is 4.54. The number of nitrogens with one attached hydrogen (secondary N) is 1. The predicted octanol–water partition coefficient (Wildman–Crippen LogP) is 4.09. The van der Waals surface area contributed by atoms with Crippen LogP contribution in [0.4, 0.5) is 0 Å². The van der Waals surface area contributed by atoms with Crippen molar-refractivity contribution in [2.45, 2.75) is 56.7 Å². The van der Waals surface area contributed by atoms with Crippen LogP contribution in [0, 0.1) is 0 Å². The van der Waals surface area contributed by atoms with Gasteiger partial charge in [0.1, 0.15) is 0 Å². The fourth-order valence-corrected chi connectivity index (χ4v) is 3.99. The highest BCUT2D eigenvalue weighted by Crippen LogP contribution is 2.29. The molecule has 1 N–H and O–H groups in total. The molecule has 3 rings (SSSR count). The number of halogens is 3.